The van der Waals surface area contributed by atoms with E-state index in [4.69, 9.17) is 4.42 Å². The van der Waals surface area contributed by atoms with Crippen LogP contribution in [-0.4, -0.2) is 18.4 Å². The molecule has 7 heteroatoms. The Kier molecular flexibility index (Phi) is 5.46. The molecule has 122 valence electrons. The molecule has 0 bridgehead atoms. The molecule has 23 heavy (non-hydrogen) atoms. The number of nitrogens with zero attached hydrogens (tertiary/aromatic N) is 1. The van der Waals surface area contributed by atoms with Crippen LogP contribution in [0.2, 0.25) is 0 Å². The molecule has 0 radical (unpaired) electrons. The normalized spacial score (nSPS) is 10.4. The largest absolute Gasteiger partial charge is 0.467 e. The highest BCUT2D eigenvalue weighted by Gasteiger charge is 2.17. The number of carbonyl (C=O) groups is 2. The fourth-order valence-electron chi connectivity index (χ4n) is 2.05. The first-order valence-corrected chi connectivity index (χ1v) is 6.99. The Morgan fingerprint density at radius 2 is 2.04 bits per heavy atom. The third-order valence-corrected chi connectivity index (χ3v) is 3.18. The minimum atomic E-state index is -0.851. The number of hydrogen-bond donors (Lipinski definition) is 1. The van der Waals surface area contributed by atoms with E-state index in [1.54, 1.807) is 12.1 Å². The zero-order chi connectivity index (χ0) is 16.8. The predicted octanol–water partition coefficient (Wildman–Crippen LogP) is 2.62. The van der Waals surface area contributed by atoms with E-state index in [9.17, 15) is 18.4 Å². The molecule has 0 spiro atoms. The molecule has 0 saturated carbocycles. The topological polar surface area (TPSA) is 62.6 Å². The lowest BCUT2D eigenvalue weighted by atomic mass is 10.2. The molecule has 0 aliphatic heterocycles. The highest BCUT2D eigenvalue weighted by atomic mass is 19.1. The standard InChI is InChI=1S/C16H16F2N2O3/c1-11(21)20(15-5-4-12(17)9-14(15)18)7-6-16(22)19-10-13-3-2-8-23-13/h2-5,8-9H,6-7,10H2,1H3,(H,19,22). The van der Waals surface area contributed by atoms with Crippen LogP contribution in [0.5, 0.6) is 0 Å². The monoisotopic (exact) mass is 322 g/mol. The molecule has 2 rings (SSSR count). The van der Waals surface area contributed by atoms with Gasteiger partial charge < -0.3 is 14.6 Å². The molecule has 1 N–H and O–H groups in total. The van der Waals surface area contributed by atoms with Crippen LogP contribution in [0.4, 0.5) is 14.5 Å². The number of amides is 2. The zero-order valence-electron chi connectivity index (χ0n) is 12.5. The fourth-order valence-corrected chi connectivity index (χ4v) is 2.05. The summed E-state index contributed by atoms with van der Waals surface area (Å²) in [5.74, 6) is -1.72. The maximum atomic E-state index is 13.8. The maximum absolute atomic E-state index is 13.8. The van der Waals surface area contributed by atoms with Gasteiger partial charge in [0.15, 0.2) is 0 Å². The van der Waals surface area contributed by atoms with Crippen LogP contribution in [0.15, 0.2) is 41.0 Å². The quantitative estimate of drug-likeness (QED) is 0.889. The average molecular weight is 322 g/mol. The number of furan rings is 1. The third-order valence-electron chi connectivity index (χ3n) is 3.18. The summed E-state index contributed by atoms with van der Waals surface area (Å²) in [6, 6.07) is 6.35. The van der Waals surface area contributed by atoms with Crippen molar-refractivity contribution in [2.45, 2.75) is 19.9 Å². The Morgan fingerprint density at radius 3 is 2.65 bits per heavy atom. The number of hydrogen-bond acceptors (Lipinski definition) is 3. The lowest BCUT2D eigenvalue weighted by Crippen LogP contribution is -2.34. The van der Waals surface area contributed by atoms with Crippen LogP contribution in [-0.2, 0) is 16.1 Å². The zero-order valence-corrected chi connectivity index (χ0v) is 12.5. The van der Waals surface area contributed by atoms with Gasteiger partial charge in [0.25, 0.3) is 0 Å². The lowest BCUT2D eigenvalue weighted by Gasteiger charge is -2.21. The van der Waals surface area contributed by atoms with Gasteiger partial charge in [-0.15, -0.1) is 0 Å². The Morgan fingerprint density at radius 1 is 1.26 bits per heavy atom. The van der Waals surface area contributed by atoms with Crippen molar-refractivity contribution in [1.29, 1.82) is 0 Å². The van der Waals surface area contributed by atoms with E-state index < -0.39 is 17.5 Å². The molecule has 0 aliphatic rings. The van der Waals surface area contributed by atoms with E-state index >= 15 is 0 Å². The summed E-state index contributed by atoms with van der Waals surface area (Å²) in [5.41, 5.74) is -0.0577. The highest BCUT2D eigenvalue weighted by Crippen LogP contribution is 2.20. The van der Waals surface area contributed by atoms with Crippen LogP contribution in [0, 0.1) is 11.6 Å². The molecule has 0 unspecified atom stereocenters. The second kappa shape index (κ2) is 7.53. The molecule has 0 aliphatic carbocycles. The van der Waals surface area contributed by atoms with Crippen molar-refractivity contribution in [3.05, 3.63) is 54.0 Å². The Bertz CT molecular complexity index is 687. The first kappa shape index (κ1) is 16.7. The van der Waals surface area contributed by atoms with Gasteiger partial charge in [0.05, 0.1) is 18.5 Å². The minimum Gasteiger partial charge on any atom is -0.467 e. The Balaban J connectivity index is 1.94. The van der Waals surface area contributed by atoms with Crippen molar-refractivity contribution in [3.8, 4) is 0 Å². The summed E-state index contributed by atoms with van der Waals surface area (Å²) in [4.78, 5) is 24.5. The van der Waals surface area contributed by atoms with Crippen LogP contribution in [0.3, 0.4) is 0 Å². The average Bonchev–Trinajstić information content (AvgIpc) is 3.00. The summed E-state index contributed by atoms with van der Waals surface area (Å²) in [5, 5.41) is 2.63. The molecule has 5 nitrogen and oxygen atoms in total. The molecule has 1 aromatic carbocycles. The van der Waals surface area contributed by atoms with Gasteiger partial charge in [-0.05, 0) is 24.3 Å². The van der Waals surface area contributed by atoms with Gasteiger partial charge in [0.1, 0.15) is 17.4 Å². The van der Waals surface area contributed by atoms with Gasteiger partial charge in [-0.3, -0.25) is 9.59 Å². The van der Waals surface area contributed by atoms with Crippen LogP contribution in [0.1, 0.15) is 19.1 Å². The molecule has 0 fully saturated rings. The molecule has 0 atom stereocenters. The number of nitrogens with one attached hydrogen (secondary N) is 1. The van der Waals surface area contributed by atoms with E-state index in [-0.39, 0.29) is 31.1 Å². The molecule has 2 aromatic rings. The SMILES string of the molecule is CC(=O)N(CCC(=O)NCc1ccco1)c1ccc(F)cc1F. The van der Waals surface area contributed by atoms with Crippen molar-refractivity contribution in [1.82, 2.24) is 5.32 Å². The number of benzene rings is 1. The number of halogens is 2. The van der Waals surface area contributed by atoms with E-state index in [1.165, 1.54) is 19.3 Å². The van der Waals surface area contributed by atoms with Crippen molar-refractivity contribution >= 4 is 17.5 Å². The lowest BCUT2D eigenvalue weighted by molar-refractivity contribution is -0.121. The van der Waals surface area contributed by atoms with Crippen molar-refractivity contribution in [3.63, 3.8) is 0 Å². The van der Waals surface area contributed by atoms with Gasteiger partial charge in [-0.25, -0.2) is 8.78 Å². The molecular formula is C16H16F2N2O3. The van der Waals surface area contributed by atoms with Crippen molar-refractivity contribution < 1.29 is 22.8 Å². The number of carbonyl (C=O) groups excluding carboxylic acids is 2. The number of rotatable bonds is 6. The van der Waals surface area contributed by atoms with E-state index in [2.05, 4.69) is 5.32 Å². The molecule has 1 aromatic heterocycles. The predicted molar refractivity (Wildman–Crippen MR) is 79.6 cm³/mol. The van der Waals surface area contributed by atoms with E-state index in [1.807, 2.05) is 0 Å². The minimum absolute atomic E-state index is 0.0120. The van der Waals surface area contributed by atoms with Gasteiger partial charge in [0.2, 0.25) is 11.8 Å². The van der Waals surface area contributed by atoms with Gasteiger partial charge >= 0.3 is 0 Å². The van der Waals surface area contributed by atoms with Crippen LogP contribution in [0.25, 0.3) is 0 Å². The Hall–Kier alpha value is -2.70. The van der Waals surface area contributed by atoms with Crippen LogP contribution < -0.4 is 10.2 Å². The summed E-state index contributed by atoms with van der Waals surface area (Å²) in [7, 11) is 0. The Labute approximate surface area is 131 Å². The molecule has 0 saturated heterocycles. The summed E-state index contributed by atoms with van der Waals surface area (Å²) >= 11 is 0. The molecule has 2 amide bonds. The van der Waals surface area contributed by atoms with Gasteiger partial charge in [-0.2, -0.15) is 0 Å². The molecule has 1 heterocycles. The molecular weight excluding hydrogens is 306 g/mol. The second-order valence-corrected chi connectivity index (χ2v) is 4.87. The first-order valence-electron chi connectivity index (χ1n) is 6.99. The smallest absolute Gasteiger partial charge is 0.223 e. The van der Waals surface area contributed by atoms with Crippen molar-refractivity contribution in [2.75, 3.05) is 11.4 Å². The van der Waals surface area contributed by atoms with Crippen molar-refractivity contribution in [2.24, 2.45) is 0 Å². The van der Waals surface area contributed by atoms with Gasteiger partial charge in [-0.1, -0.05) is 0 Å². The number of anilines is 1. The van der Waals surface area contributed by atoms with E-state index in [0.29, 0.717) is 11.8 Å². The van der Waals surface area contributed by atoms with E-state index in [0.717, 1.165) is 11.0 Å². The summed E-state index contributed by atoms with van der Waals surface area (Å²) in [6.07, 6.45) is 1.48. The third kappa shape index (κ3) is 4.64. The first-order chi connectivity index (χ1) is 11.0. The summed E-state index contributed by atoms with van der Waals surface area (Å²) in [6.45, 7) is 1.47. The second-order valence-electron chi connectivity index (χ2n) is 4.87. The fraction of sp³-hybridized carbons (Fsp3) is 0.250. The highest BCUT2D eigenvalue weighted by molar-refractivity contribution is 5.92. The van der Waals surface area contributed by atoms with Gasteiger partial charge in [0, 0.05) is 26.0 Å². The van der Waals surface area contributed by atoms with Crippen LogP contribution >= 0.6 is 0 Å². The summed E-state index contributed by atoms with van der Waals surface area (Å²) < 4.78 is 31.8. The maximum Gasteiger partial charge on any atom is 0.223 e.